The standard InChI is InChI=1S/C21H25F3N4O4S/c1-14-25-19(32-26-14)15-5-9-27(10-6-15)20(29)16-7-11-28(12-8-16)33(30,31)18-4-2-3-17(13-18)21(22,23)24/h2-4,13,15-16H,5-12H2,1H3. The van der Waals surface area contributed by atoms with Crippen LogP contribution in [-0.2, 0) is 21.0 Å². The average Bonchev–Trinajstić information content (AvgIpc) is 3.24. The topological polar surface area (TPSA) is 96.6 Å². The predicted molar refractivity (Wildman–Crippen MR) is 111 cm³/mol. The first-order valence-electron chi connectivity index (χ1n) is 10.8. The van der Waals surface area contributed by atoms with Gasteiger partial charge in [0.25, 0.3) is 0 Å². The maximum Gasteiger partial charge on any atom is 0.416 e. The highest BCUT2D eigenvalue weighted by atomic mass is 32.2. The van der Waals surface area contributed by atoms with E-state index in [2.05, 4.69) is 10.1 Å². The van der Waals surface area contributed by atoms with E-state index < -0.39 is 21.8 Å². The molecular weight excluding hydrogens is 461 g/mol. The molecule has 0 radical (unpaired) electrons. The van der Waals surface area contributed by atoms with Gasteiger partial charge in [0, 0.05) is 38.0 Å². The maximum atomic E-state index is 13.0. The number of sulfonamides is 1. The van der Waals surface area contributed by atoms with Crippen LogP contribution >= 0.6 is 0 Å². The largest absolute Gasteiger partial charge is 0.416 e. The summed E-state index contributed by atoms with van der Waals surface area (Å²) >= 11 is 0. The Kier molecular flexibility index (Phi) is 6.50. The molecule has 2 aliphatic rings. The second-order valence-corrected chi connectivity index (χ2v) is 10.4. The normalized spacial score (nSPS) is 19.7. The Labute approximate surface area is 189 Å². The summed E-state index contributed by atoms with van der Waals surface area (Å²) in [5.41, 5.74) is -1.01. The van der Waals surface area contributed by atoms with Gasteiger partial charge in [-0.3, -0.25) is 4.79 Å². The number of aryl methyl sites for hydroxylation is 1. The molecule has 12 heteroatoms. The van der Waals surface area contributed by atoms with Gasteiger partial charge >= 0.3 is 6.18 Å². The molecule has 180 valence electrons. The molecular formula is C21H25F3N4O4S. The fourth-order valence-electron chi connectivity index (χ4n) is 4.41. The van der Waals surface area contributed by atoms with Crippen LogP contribution in [0.15, 0.2) is 33.7 Å². The van der Waals surface area contributed by atoms with Crippen LogP contribution in [-0.4, -0.2) is 59.8 Å². The Bertz CT molecular complexity index is 1100. The number of piperidine rings is 2. The molecule has 1 amide bonds. The van der Waals surface area contributed by atoms with Crippen molar-refractivity contribution in [3.05, 3.63) is 41.5 Å². The minimum Gasteiger partial charge on any atom is -0.342 e. The number of benzene rings is 1. The molecule has 3 heterocycles. The van der Waals surface area contributed by atoms with Gasteiger partial charge in [0.05, 0.1) is 10.5 Å². The number of hydrogen-bond acceptors (Lipinski definition) is 6. The van der Waals surface area contributed by atoms with Crippen LogP contribution in [0.1, 0.15) is 48.9 Å². The first-order valence-corrected chi connectivity index (χ1v) is 12.3. The molecule has 33 heavy (non-hydrogen) atoms. The summed E-state index contributed by atoms with van der Waals surface area (Å²) < 4.78 is 71.0. The summed E-state index contributed by atoms with van der Waals surface area (Å²) in [4.78, 5) is 18.6. The van der Waals surface area contributed by atoms with Crippen molar-refractivity contribution >= 4 is 15.9 Å². The monoisotopic (exact) mass is 486 g/mol. The van der Waals surface area contributed by atoms with E-state index in [1.54, 1.807) is 11.8 Å². The quantitative estimate of drug-likeness (QED) is 0.659. The molecule has 1 aromatic carbocycles. The Balaban J connectivity index is 1.33. The van der Waals surface area contributed by atoms with E-state index in [1.807, 2.05) is 0 Å². The van der Waals surface area contributed by atoms with E-state index in [0.717, 1.165) is 35.3 Å². The summed E-state index contributed by atoms with van der Waals surface area (Å²) in [6.45, 7) is 3.06. The van der Waals surface area contributed by atoms with Crippen molar-refractivity contribution in [2.45, 2.75) is 49.6 Å². The van der Waals surface area contributed by atoms with Crippen molar-refractivity contribution in [2.24, 2.45) is 5.92 Å². The van der Waals surface area contributed by atoms with Crippen molar-refractivity contribution in [2.75, 3.05) is 26.2 Å². The van der Waals surface area contributed by atoms with Gasteiger partial charge in [-0.15, -0.1) is 0 Å². The lowest BCUT2D eigenvalue weighted by atomic mass is 9.92. The van der Waals surface area contributed by atoms with E-state index in [1.165, 1.54) is 0 Å². The van der Waals surface area contributed by atoms with Gasteiger partial charge in [-0.2, -0.15) is 22.5 Å². The summed E-state index contributed by atoms with van der Waals surface area (Å²) in [6.07, 6.45) is -2.52. The molecule has 8 nitrogen and oxygen atoms in total. The number of amides is 1. The first kappa shape index (κ1) is 23.7. The van der Waals surface area contributed by atoms with Gasteiger partial charge in [-0.25, -0.2) is 8.42 Å². The van der Waals surface area contributed by atoms with E-state index in [4.69, 9.17) is 4.52 Å². The highest BCUT2D eigenvalue weighted by molar-refractivity contribution is 7.89. The lowest BCUT2D eigenvalue weighted by Crippen LogP contribution is -2.46. The third kappa shape index (κ3) is 5.06. The molecule has 4 rings (SSSR count). The molecule has 0 spiro atoms. The Morgan fingerprint density at radius 1 is 1.09 bits per heavy atom. The van der Waals surface area contributed by atoms with Crippen molar-refractivity contribution in [1.29, 1.82) is 0 Å². The number of likely N-dealkylation sites (tertiary alicyclic amines) is 1. The molecule has 0 unspecified atom stereocenters. The molecule has 0 N–H and O–H groups in total. The highest BCUT2D eigenvalue weighted by Crippen LogP contribution is 2.33. The Morgan fingerprint density at radius 3 is 2.33 bits per heavy atom. The van der Waals surface area contributed by atoms with Crippen LogP contribution in [0.3, 0.4) is 0 Å². The third-order valence-electron chi connectivity index (χ3n) is 6.30. The van der Waals surface area contributed by atoms with E-state index in [0.29, 0.717) is 43.7 Å². The lowest BCUT2D eigenvalue weighted by Gasteiger charge is -2.36. The molecule has 0 atom stereocenters. The highest BCUT2D eigenvalue weighted by Gasteiger charge is 2.37. The Morgan fingerprint density at radius 2 is 1.76 bits per heavy atom. The van der Waals surface area contributed by atoms with Gasteiger partial charge in [-0.05, 0) is 50.8 Å². The minimum absolute atomic E-state index is 0.00808. The zero-order valence-corrected chi connectivity index (χ0v) is 18.9. The number of carbonyl (C=O) groups is 1. The van der Waals surface area contributed by atoms with Gasteiger partial charge in [0.1, 0.15) is 0 Å². The van der Waals surface area contributed by atoms with E-state index >= 15 is 0 Å². The first-order chi connectivity index (χ1) is 15.6. The summed E-state index contributed by atoms with van der Waals surface area (Å²) in [5.74, 6) is 0.976. The molecule has 2 saturated heterocycles. The fraction of sp³-hybridized carbons (Fsp3) is 0.571. The number of halogens is 3. The summed E-state index contributed by atoms with van der Waals surface area (Å²) in [7, 11) is -4.07. The van der Waals surface area contributed by atoms with Gasteiger partial charge in [-0.1, -0.05) is 11.2 Å². The van der Waals surface area contributed by atoms with Gasteiger partial charge < -0.3 is 9.42 Å². The molecule has 0 bridgehead atoms. The van der Waals surface area contributed by atoms with Crippen LogP contribution < -0.4 is 0 Å². The fourth-order valence-corrected chi connectivity index (χ4v) is 5.93. The van der Waals surface area contributed by atoms with Gasteiger partial charge in [0.15, 0.2) is 5.82 Å². The minimum atomic E-state index is -4.62. The number of hydrogen-bond donors (Lipinski definition) is 0. The van der Waals surface area contributed by atoms with Crippen molar-refractivity contribution in [3.8, 4) is 0 Å². The zero-order chi connectivity index (χ0) is 23.8. The number of alkyl halides is 3. The van der Waals surface area contributed by atoms with E-state index in [9.17, 15) is 26.4 Å². The second-order valence-electron chi connectivity index (χ2n) is 8.48. The number of aromatic nitrogens is 2. The molecule has 2 fully saturated rings. The van der Waals surface area contributed by atoms with E-state index in [-0.39, 0.29) is 35.7 Å². The van der Waals surface area contributed by atoms with Crippen molar-refractivity contribution < 1.29 is 30.9 Å². The molecule has 0 saturated carbocycles. The molecule has 2 aliphatic heterocycles. The molecule has 2 aromatic rings. The van der Waals surface area contributed by atoms with Crippen LogP contribution in [0.25, 0.3) is 0 Å². The average molecular weight is 487 g/mol. The number of nitrogens with zero attached hydrogens (tertiary/aromatic N) is 4. The third-order valence-corrected chi connectivity index (χ3v) is 8.20. The number of rotatable bonds is 4. The van der Waals surface area contributed by atoms with Crippen LogP contribution in [0.5, 0.6) is 0 Å². The predicted octanol–water partition coefficient (Wildman–Crippen LogP) is 3.20. The van der Waals surface area contributed by atoms with Gasteiger partial charge in [0.2, 0.25) is 21.8 Å². The summed E-state index contributed by atoms with van der Waals surface area (Å²) in [6, 6.07) is 3.75. The summed E-state index contributed by atoms with van der Waals surface area (Å²) in [5, 5.41) is 3.81. The zero-order valence-electron chi connectivity index (χ0n) is 18.1. The maximum absolute atomic E-state index is 13.0. The number of carbonyl (C=O) groups excluding carboxylic acids is 1. The SMILES string of the molecule is Cc1noc(C2CCN(C(=O)C3CCN(S(=O)(=O)c4cccc(C(F)(F)F)c4)CC3)CC2)n1. The molecule has 1 aromatic heterocycles. The smallest absolute Gasteiger partial charge is 0.342 e. The van der Waals surface area contributed by atoms with Crippen LogP contribution in [0.4, 0.5) is 13.2 Å². The van der Waals surface area contributed by atoms with Crippen molar-refractivity contribution in [1.82, 2.24) is 19.3 Å². The lowest BCUT2D eigenvalue weighted by molar-refractivity contribution is -0.138. The molecule has 0 aliphatic carbocycles. The van der Waals surface area contributed by atoms with Crippen LogP contribution in [0, 0.1) is 12.8 Å². The van der Waals surface area contributed by atoms with Crippen molar-refractivity contribution in [3.63, 3.8) is 0 Å². The Hall–Kier alpha value is -2.47. The van der Waals surface area contributed by atoms with Crippen LogP contribution in [0.2, 0.25) is 0 Å². The second kappa shape index (κ2) is 9.05.